The Labute approximate surface area is 184 Å². The molecule has 0 spiro atoms. The normalized spacial score (nSPS) is 20.7. The Morgan fingerprint density at radius 2 is 1.81 bits per heavy atom. The molecule has 1 unspecified atom stereocenters. The van der Waals surface area contributed by atoms with Gasteiger partial charge in [-0.25, -0.2) is 0 Å². The van der Waals surface area contributed by atoms with E-state index in [1.807, 2.05) is 49.4 Å². The van der Waals surface area contributed by atoms with Crippen molar-refractivity contribution in [2.45, 2.75) is 19.0 Å². The van der Waals surface area contributed by atoms with E-state index < -0.39 is 17.7 Å². The molecule has 2 N–H and O–H groups in total. The molecule has 0 saturated carbocycles. The first-order chi connectivity index (χ1) is 15.3. The molecule has 1 atom stereocenters. The fourth-order valence-electron chi connectivity index (χ4n) is 4.28. The van der Waals surface area contributed by atoms with Gasteiger partial charge in [-0.3, -0.25) is 4.90 Å². The summed E-state index contributed by atoms with van der Waals surface area (Å²) in [7, 11) is 0. The highest BCUT2D eigenvalue weighted by atomic mass is 19.4. The van der Waals surface area contributed by atoms with Crippen molar-refractivity contribution >= 4 is 6.08 Å². The van der Waals surface area contributed by atoms with Crippen molar-refractivity contribution in [1.82, 2.24) is 4.90 Å². The predicted molar refractivity (Wildman–Crippen MR) is 116 cm³/mol. The summed E-state index contributed by atoms with van der Waals surface area (Å²) in [4.78, 5) is 2.11. The first-order valence-electron chi connectivity index (χ1n) is 10.3. The van der Waals surface area contributed by atoms with Crippen LogP contribution in [0, 0.1) is 11.3 Å². The summed E-state index contributed by atoms with van der Waals surface area (Å²) in [6.07, 6.45) is -2.61. The summed E-state index contributed by atoms with van der Waals surface area (Å²) >= 11 is 0. The molecule has 0 radical (unpaired) electrons. The quantitative estimate of drug-likeness (QED) is 0.718. The Balaban J connectivity index is 1.94. The fraction of sp³-hybridized carbons (Fsp3) is 0.240. The number of alkyl halides is 3. The predicted octanol–water partition coefficient (Wildman–Crippen LogP) is 5.19. The van der Waals surface area contributed by atoms with Gasteiger partial charge in [-0.05, 0) is 35.4 Å². The Hall–Kier alpha value is -3.50. The van der Waals surface area contributed by atoms with E-state index in [-0.39, 0.29) is 17.0 Å². The summed E-state index contributed by atoms with van der Waals surface area (Å²) in [6.45, 7) is 3.63. The number of halogens is 3. The zero-order valence-corrected chi connectivity index (χ0v) is 17.5. The van der Waals surface area contributed by atoms with Crippen LogP contribution in [0.4, 0.5) is 13.2 Å². The van der Waals surface area contributed by atoms with Crippen LogP contribution in [-0.2, 0) is 10.9 Å². The van der Waals surface area contributed by atoms with Gasteiger partial charge in [0.25, 0.3) is 0 Å². The van der Waals surface area contributed by atoms with Crippen LogP contribution in [0.25, 0.3) is 6.08 Å². The summed E-state index contributed by atoms with van der Waals surface area (Å²) < 4.78 is 47.5. The molecule has 0 amide bonds. The van der Waals surface area contributed by atoms with Gasteiger partial charge in [0.05, 0.1) is 11.5 Å². The van der Waals surface area contributed by atoms with Crippen LogP contribution < -0.4 is 5.73 Å². The van der Waals surface area contributed by atoms with Gasteiger partial charge in [0, 0.05) is 18.7 Å². The van der Waals surface area contributed by atoms with E-state index in [1.165, 1.54) is 12.1 Å². The van der Waals surface area contributed by atoms with E-state index in [4.69, 9.17) is 10.5 Å². The molecule has 2 aliphatic heterocycles. The minimum absolute atomic E-state index is 0.00235. The molecule has 0 aliphatic carbocycles. The standard InChI is InChI=1S/C25H22F3N3O/c1-2-31-14-17(12-16-8-4-3-5-9-16)23-20(15-31)22(19(13-29)24(30)32-23)18-10-6-7-11-21(18)25(26,27)28/h3-12,22H,2,14-15,30H2,1H3. The SMILES string of the molecule is CCN1CC(=Cc2ccccc2)C2=C(C1)C(c1ccccc1C(F)(F)F)C(C#N)=C(N)O2. The van der Waals surface area contributed by atoms with Crippen LogP contribution in [0.1, 0.15) is 29.5 Å². The third kappa shape index (κ3) is 4.02. The van der Waals surface area contributed by atoms with Crippen molar-refractivity contribution in [3.8, 4) is 6.07 Å². The molecule has 4 rings (SSSR count). The molecule has 0 aromatic heterocycles. The van der Waals surface area contributed by atoms with Crippen LogP contribution >= 0.6 is 0 Å². The maximum Gasteiger partial charge on any atom is 0.416 e. The molecule has 4 nitrogen and oxygen atoms in total. The molecule has 32 heavy (non-hydrogen) atoms. The lowest BCUT2D eigenvalue weighted by molar-refractivity contribution is -0.138. The summed E-state index contributed by atoms with van der Waals surface area (Å²) in [5.74, 6) is -0.635. The second kappa shape index (κ2) is 8.56. The third-order valence-corrected chi connectivity index (χ3v) is 5.77. The van der Waals surface area contributed by atoms with Crippen molar-refractivity contribution in [2.75, 3.05) is 19.6 Å². The molecule has 2 aromatic rings. The van der Waals surface area contributed by atoms with Crippen molar-refractivity contribution in [1.29, 1.82) is 5.26 Å². The molecule has 0 bridgehead atoms. The third-order valence-electron chi connectivity index (χ3n) is 5.77. The number of hydrogen-bond donors (Lipinski definition) is 1. The van der Waals surface area contributed by atoms with Crippen molar-refractivity contribution < 1.29 is 17.9 Å². The Kier molecular flexibility index (Phi) is 5.81. The molecule has 2 aromatic carbocycles. The monoisotopic (exact) mass is 437 g/mol. The van der Waals surface area contributed by atoms with E-state index in [9.17, 15) is 18.4 Å². The number of nitrogens with two attached hydrogens (primary N) is 1. The summed E-state index contributed by atoms with van der Waals surface area (Å²) in [5.41, 5.74) is 7.68. The topological polar surface area (TPSA) is 62.3 Å². The smallest absolute Gasteiger partial charge is 0.416 e. The van der Waals surface area contributed by atoms with E-state index in [0.29, 0.717) is 31.0 Å². The first-order valence-corrected chi connectivity index (χ1v) is 10.3. The minimum atomic E-state index is -4.56. The van der Waals surface area contributed by atoms with Crippen molar-refractivity contribution in [3.05, 3.63) is 99.6 Å². The summed E-state index contributed by atoms with van der Waals surface area (Å²) in [5, 5.41) is 9.80. The zero-order valence-electron chi connectivity index (χ0n) is 17.5. The van der Waals surface area contributed by atoms with Gasteiger partial charge in [-0.2, -0.15) is 18.4 Å². The van der Waals surface area contributed by atoms with Crippen LogP contribution in [-0.4, -0.2) is 24.5 Å². The Morgan fingerprint density at radius 3 is 2.47 bits per heavy atom. The molecule has 164 valence electrons. The van der Waals surface area contributed by atoms with E-state index in [2.05, 4.69) is 4.90 Å². The van der Waals surface area contributed by atoms with E-state index in [0.717, 1.165) is 17.2 Å². The molecule has 0 saturated heterocycles. The number of hydrogen-bond acceptors (Lipinski definition) is 4. The lowest BCUT2D eigenvalue weighted by Gasteiger charge is -2.38. The lowest BCUT2D eigenvalue weighted by atomic mass is 9.78. The molecule has 2 heterocycles. The summed E-state index contributed by atoms with van der Waals surface area (Å²) in [6, 6.07) is 17.0. The zero-order chi connectivity index (χ0) is 22.9. The van der Waals surface area contributed by atoms with Crippen LogP contribution in [0.15, 0.2) is 83.0 Å². The molecule has 2 aliphatic rings. The number of rotatable bonds is 3. The average Bonchev–Trinajstić information content (AvgIpc) is 2.78. The highest BCUT2D eigenvalue weighted by molar-refractivity contribution is 5.63. The minimum Gasteiger partial charge on any atom is -0.440 e. The maximum atomic E-state index is 13.9. The second-order valence-electron chi connectivity index (χ2n) is 7.75. The van der Waals surface area contributed by atoms with Gasteiger partial charge >= 0.3 is 6.18 Å². The highest BCUT2D eigenvalue weighted by Crippen LogP contribution is 2.47. The fourth-order valence-corrected chi connectivity index (χ4v) is 4.28. The first kappa shape index (κ1) is 21.7. The Bertz CT molecular complexity index is 1160. The van der Waals surface area contributed by atoms with Gasteiger partial charge < -0.3 is 10.5 Å². The van der Waals surface area contributed by atoms with Crippen LogP contribution in [0.5, 0.6) is 0 Å². The lowest BCUT2D eigenvalue weighted by Crippen LogP contribution is -2.38. The Morgan fingerprint density at radius 1 is 1.12 bits per heavy atom. The van der Waals surface area contributed by atoms with E-state index >= 15 is 0 Å². The average molecular weight is 437 g/mol. The van der Waals surface area contributed by atoms with Gasteiger partial charge in [-0.1, -0.05) is 55.5 Å². The van der Waals surface area contributed by atoms with Crippen LogP contribution in [0.3, 0.4) is 0 Å². The number of nitrogens with zero attached hydrogens (tertiary/aromatic N) is 2. The largest absolute Gasteiger partial charge is 0.440 e. The number of benzene rings is 2. The highest BCUT2D eigenvalue weighted by Gasteiger charge is 2.42. The van der Waals surface area contributed by atoms with Crippen molar-refractivity contribution in [3.63, 3.8) is 0 Å². The maximum absolute atomic E-state index is 13.9. The molecule has 7 heteroatoms. The van der Waals surface area contributed by atoms with Gasteiger partial charge in [-0.15, -0.1) is 0 Å². The number of likely N-dealkylation sites (N-methyl/N-ethyl adjacent to an activating group) is 1. The number of allylic oxidation sites excluding steroid dienone is 1. The molecule has 0 fully saturated rings. The molecular formula is C25H22F3N3O. The van der Waals surface area contributed by atoms with Gasteiger partial charge in [0.1, 0.15) is 17.4 Å². The van der Waals surface area contributed by atoms with Crippen molar-refractivity contribution in [2.24, 2.45) is 5.73 Å². The molecular weight excluding hydrogens is 415 g/mol. The van der Waals surface area contributed by atoms with Crippen LogP contribution in [0.2, 0.25) is 0 Å². The van der Waals surface area contributed by atoms with Gasteiger partial charge in [0.15, 0.2) is 0 Å². The number of ether oxygens (including phenoxy) is 1. The second-order valence-corrected chi connectivity index (χ2v) is 7.75. The number of nitriles is 1. The van der Waals surface area contributed by atoms with E-state index in [1.54, 1.807) is 6.07 Å². The van der Waals surface area contributed by atoms with Gasteiger partial charge in [0.2, 0.25) is 5.88 Å².